The van der Waals surface area contributed by atoms with Crippen LogP contribution in [0.25, 0.3) is 34.0 Å². The van der Waals surface area contributed by atoms with Crippen LogP contribution in [0.4, 0.5) is 5.69 Å². The Kier molecular flexibility index (Phi) is 3.84. The highest BCUT2D eigenvalue weighted by Crippen LogP contribution is 2.33. The SMILES string of the molecule is COc1cc(-c2nc(-c3ccc(C)o3)nc3nc[nH]c23)cc(N(C)C)c1. The third-order valence-electron chi connectivity index (χ3n) is 4.16. The number of aryl methyl sites for hydroxylation is 1. The maximum atomic E-state index is 5.70. The molecule has 0 atom stereocenters. The second kappa shape index (κ2) is 6.18. The third-order valence-corrected chi connectivity index (χ3v) is 4.16. The maximum Gasteiger partial charge on any atom is 0.198 e. The van der Waals surface area contributed by atoms with E-state index < -0.39 is 0 Å². The minimum atomic E-state index is 0.502. The largest absolute Gasteiger partial charge is 0.497 e. The lowest BCUT2D eigenvalue weighted by molar-refractivity contribution is 0.415. The summed E-state index contributed by atoms with van der Waals surface area (Å²) >= 11 is 0. The van der Waals surface area contributed by atoms with Crippen molar-refractivity contribution in [2.45, 2.75) is 6.92 Å². The van der Waals surface area contributed by atoms with Gasteiger partial charge in [-0.1, -0.05) is 0 Å². The van der Waals surface area contributed by atoms with E-state index in [2.05, 4.69) is 21.0 Å². The van der Waals surface area contributed by atoms with E-state index in [1.165, 1.54) is 0 Å². The number of fused-ring (bicyclic) bond motifs is 1. The fraction of sp³-hybridized carbons (Fsp3) is 0.211. The summed E-state index contributed by atoms with van der Waals surface area (Å²) in [5.74, 6) is 2.68. The zero-order valence-corrected chi connectivity index (χ0v) is 15.1. The highest BCUT2D eigenvalue weighted by molar-refractivity contribution is 5.89. The number of rotatable bonds is 4. The Morgan fingerprint density at radius 2 is 1.96 bits per heavy atom. The molecule has 3 aromatic heterocycles. The van der Waals surface area contributed by atoms with E-state index >= 15 is 0 Å². The highest BCUT2D eigenvalue weighted by Gasteiger charge is 2.16. The van der Waals surface area contributed by atoms with Gasteiger partial charge in [0.1, 0.15) is 22.7 Å². The number of H-pyrrole nitrogens is 1. The molecule has 0 aliphatic carbocycles. The van der Waals surface area contributed by atoms with Crippen molar-refractivity contribution in [3.8, 4) is 28.6 Å². The lowest BCUT2D eigenvalue weighted by Crippen LogP contribution is -2.09. The monoisotopic (exact) mass is 349 g/mol. The summed E-state index contributed by atoms with van der Waals surface area (Å²) in [6.45, 7) is 1.89. The normalized spacial score (nSPS) is 11.1. The van der Waals surface area contributed by atoms with E-state index in [9.17, 15) is 0 Å². The summed E-state index contributed by atoms with van der Waals surface area (Å²) in [6, 6.07) is 9.74. The molecule has 0 spiro atoms. The van der Waals surface area contributed by atoms with E-state index in [-0.39, 0.29) is 0 Å². The van der Waals surface area contributed by atoms with Gasteiger partial charge in [-0.3, -0.25) is 0 Å². The molecule has 0 aliphatic rings. The van der Waals surface area contributed by atoms with E-state index in [0.29, 0.717) is 17.2 Å². The predicted octanol–water partition coefficient (Wildman–Crippen LogP) is 3.66. The third kappa shape index (κ3) is 2.77. The van der Waals surface area contributed by atoms with Gasteiger partial charge < -0.3 is 19.0 Å². The molecule has 4 aromatic rings. The Hall–Kier alpha value is -3.35. The van der Waals surface area contributed by atoms with E-state index in [0.717, 1.165) is 34.0 Å². The first-order chi connectivity index (χ1) is 12.5. The number of aromatic nitrogens is 4. The summed E-state index contributed by atoms with van der Waals surface area (Å²) in [6.07, 6.45) is 1.62. The quantitative estimate of drug-likeness (QED) is 0.605. The number of ether oxygens (including phenoxy) is 1. The van der Waals surface area contributed by atoms with E-state index in [1.54, 1.807) is 13.4 Å². The lowest BCUT2D eigenvalue weighted by Gasteiger charge is -2.16. The molecule has 0 fully saturated rings. The molecule has 0 amide bonds. The molecular formula is C19H19N5O2. The first-order valence-electron chi connectivity index (χ1n) is 8.20. The van der Waals surface area contributed by atoms with Gasteiger partial charge in [0.15, 0.2) is 17.2 Å². The molecule has 0 unspecified atom stereocenters. The molecular weight excluding hydrogens is 330 g/mol. The van der Waals surface area contributed by atoms with Crippen LogP contribution < -0.4 is 9.64 Å². The van der Waals surface area contributed by atoms with Gasteiger partial charge in [0.25, 0.3) is 0 Å². The van der Waals surface area contributed by atoms with Crippen molar-refractivity contribution in [1.82, 2.24) is 19.9 Å². The molecule has 0 saturated heterocycles. The van der Waals surface area contributed by atoms with Crippen LogP contribution in [0.5, 0.6) is 5.75 Å². The average Bonchev–Trinajstić information content (AvgIpc) is 3.28. The molecule has 0 radical (unpaired) electrons. The first-order valence-corrected chi connectivity index (χ1v) is 8.20. The molecule has 0 saturated carbocycles. The summed E-state index contributed by atoms with van der Waals surface area (Å²) in [7, 11) is 5.63. The number of benzene rings is 1. The molecule has 0 bridgehead atoms. The molecule has 26 heavy (non-hydrogen) atoms. The summed E-state index contributed by atoms with van der Waals surface area (Å²) in [4.78, 5) is 18.7. The summed E-state index contributed by atoms with van der Waals surface area (Å²) in [5.41, 5.74) is 4.04. The summed E-state index contributed by atoms with van der Waals surface area (Å²) in [5, 5.41) is 0. The Morgan fingerprint density at radius 1 is 1.12 bits per heavy atom. The second-order valence-corrected chi connectivity index (χ2v) is 6.22. The molecule has 132 valence electrons. The zero-order chi connectivity index (χ0) is 18.3. The van der Waals surface area contributed by atoms with Gasteiger partial charge >= 0.3 is 0 Å². The molecule has 0 aliphatic heterocycles. The van der Waals surface area contributed by atoms with E-state index in [4.69, 9.17) is 14.1 Å². The number of anilines is 1. The first kappa shape index (κ1) is 16.1. The number of methoxy groups -OCH3 is 1. The number of nitrogens with one attached hydrogen (secondary N) is 1. The van der Waals surface area contributed by atoms with Gasteiger partial charge in [0.05, 0.1) is 13.4 Å². The van der Waals surface area contributed by atoms with Gasteiger partial charge in [0, 0.05) is 31.4 Å². The molecule has 3 heterocycles. The average molecular weight is 349 g/mol. The Labute approximate surface area is 150 Å². The van der Waals surface area contributed by atoms with Crippen LogP contribution >= 0.6 is 0 Å². The minimum absolute atomic E-state index is 0.502. The number of nitrogens with zero attached hydrogens (tertiary/aromatic N) is 4. The van der Waals surface area contributed by atoms with Crippen LogP contribution in [0.3, 0.4) is 0 Å². The number of hydrogen-bond acceptors (Lipinski definition) is 6. The summed E-state index contributed by atoms with van der Waals surface area (Å²) < 4.78 is 11.2. The van der Waals surface area contributed by atoms with Crippen LogP contribution in [-0.2, 0) is 0 Å². The fourth-order valence-corrected chi connectivity index (χ4v) is 2.80. The Balaban J connectivity index is 1.96. The number of hydrogen-bond donors (Lipinski definition) is 1. The number of furan rings is 1. The minimum Gasteiger partial charge on any atom is -0.497 e. The lowest BCUT2D eigenvalue weighted by atomic mass is 10.1. The molecule has 1 N–H and O–H groups in total. The second-order valence-electron chi connectivity index (χ2n) is 6.22. The molecule has 7 nitrogen and oxygen atoms in total. The van der Waals surface area contributed by atoms with Gasteiger partial charge in [-0.05, 0) is 31.2 Å². The zero-order valence-electron chi connectivity index (χ0n) is 15.1. The van der Waals surface area contributed by atoms with Gasteiger partial charge in [-0.25, -0.2) is 15.0 Å². The van der Waals surface area contributed by atoms with Crippen LogP contribution in [0.1, 0.15) is 5.76 Å². The smallest absolute Gasteiger partial charge is 0.198 e. The fourth-order valence-electron chi connectivity index (χ4n) is 2.80. The predicted molar refractivity (Wildman–Crippen MR) is 100 cm³/mol. The highest BCUT2D eigenvalue weighted by atomic mass is 16.5. The Morgan fingerprint density at radius 3 is 2.65 bits per heavy atom. The number of imidazole rings is 1. The van der Waals surface area contributed by atoms with Crippen molar-refractivity contribution < 1.29 is 9.15 Å². The maximum absolute atomic E-state index is 5.70. The van der Waals surface area contributed by atoms with Crippen molar-refractivity contribution in [2.24, 2.45) is 0 Å². The van der Waals surface area contributed by atoms with Crippen LogP contribution in [0, 0.1) is 6.92 Å². The van der Waals surface area contributed by atoms with Gasteiger partial charge in [0.2, 0.25) is 0 Å². The Bertz CT molecular complexity index is 1080. The van der Waals surface area contributed by atoms with Gasteiger partial charge in [-0.15, -0.1) is 0 Å². The van der Waals surface area contributed by atoms with Crippen molar-refractivity contribution in [3.63, 3.8) is 0 Å². The molecule has 1 aromatic carbocycles. The number of aromatic amines is 1. The van der Waals surface area contributed by atoms with Crippen molar-refractivity contribution in [2.75, 3.05) is 26.1 Å². The van der Waals surface area contributed by atoms with Gasteiger partial charge in [-0.2, -0.15) is 0 Å². The van der Waals surface area contributed by atoms with Crippen molar-refractivity contribution in [3.05, 3.63) is 42.4 Å². The standard InChI is InChI=1S/C19H19N5O2/c1-11-5-6-15(26-11)18-22-16(17-19(23-18)21-10-20-17)12-7-13(24(2)3)9-14(8-12)25-4/h5-10H,1-4H3,(H,20,21,22,23). The van der Waals surface area contributed by atoms with E-state index in [1.807, 2.05) is 50.2 Å². The molecule has 7 heteroatoms. The van der Waals surface area contributed by atoms with Crippen molar-refractivity contribution in [1.29, 1.82) is 0 Å². The van der Waals surface area contributed by atoms with Crippen LogP contribution in [-0.4, -0.2) is 41.1 Å². The van der Waals surface area contributed by atoms with Crippen LogP contribution in [0.2, 0.25) is 0 Å². The van der Waals surface area contributed by atoms with Crippen molar-refractivity contribution >= 4 is 16.9 Å². The topological polar surface area (TPSA) is 80.1 Å². The van der Waals surface area contributed by atoms with Crippen LogP contribution in [0.15, 0.2) is 41.1 Å². The molecule has 4 rings (SSSR count).